The lowest BCUT2D eigenvalue weighted by Crippen LogP contribution is -2.27. The van der Waals surface area contributed by atoms with Crippen LogP contribution in [0.5, 0.6) is 0 Å². The van der Waals surface area contributed by atoms with Crippen molar-refractivity contribution in [1.82, 2.24) is 0 Å². The summed E-state index contributed by atoms with van der Waals surface area (Å²) in [5, 5.41) is 9.25. The fourth-order valence-corrected chi connectivity index (χ4v) is 3.77. The van der Waals surface area contributed by atoms with E-state index >= 15 is 0 Å². The maximum Gasteiger partial charge on any atom is 0.306 e. The molecule has 0 spiro atoms. The molecule has 0 fully saturated rings. The SMILES string of the molecule is CCCCCCCCC/C=C\CCCCCCCCCCOCC(CO)OC(=O)CCC. The molecule has 0 aromatic heterocycles. The Morgan fingerprint density at radius 3 is 1.72 bits per heavy atom. The molecule has 0 aliphatic rings. The monoisotopic (exact) mass is 454 g/mol. The molecule has 1 unspecified atom stereocenters. The van der Waals surface area contributed by atoms with Crippen LogP contribution in [0.2, 0.25) is 0 Å². The zero-order valence-electron chi connectivity index (χ0n) is 21.5. The second-order valence-corrected chi connectivity index (χ2v) is 9.12. The molecule has 0 radical (unpaired) electrons. The van der Waals surface area contributed by atoms with E-state index in [-0.39, 0.29) is 12.6 Å². The van der Waals surface area contributed by atoms with Gasteiger partial charge < -0.3 is 14.6 Å². The molecule has 190 valence electrons. The Labute approximate surface area is 199 Å². The van der Waals surface area contributed by atoms with E-state index in [1.807, 2.05) is 6.92 Å². The molecule has 32 heavy (non-hydrogen) atoms. The lowest BCUT2D eigenvalue weighted by molar-refractivity contribution is -0.154. The van der Waals surface area contributed by atoms with Crippen molar-refractivity contribution < 1.29 is 19.4 Å². The Bertz CT molecular complexity index is 408. The Morgan fingerprint density at radius 2 is 1.22 bits per heavy atom. The molecule has 0 aromatic carbocycles. The van der Waals surface area contributed by atoms with Crippen molar-refractivity contribution in [1.29, 1.82) is 0 Å². The van der Waals surface area contributed by atoms with E-state index in [0.717, 1.165) is 12.8 Å². The molecule has 1 atom stereocenters. The molecule has 0 aliphatic carbocycles. The van der Waals surface area contributed by atoms with Crippen molar-refractivity contribution in [3.8, 4) is 0 Å². The highest BCUT2D eigenvalue weighted by Gasteiger charge is 2.12. The number of carbonyl (C=O) groups excluding carboxylic acids is 1. The quantitative estimate of drug-likeness (QED) is 0.0864. The molecule has 4 heteroatoms. The predicted octanol–water partition coefficient (Wildman–Crippen LogP) is 7.92. The minimum absolute atomic E-state index is 0.176. The first-order valence-corrected chi connectivity index (χ1v) is 13.8. The Morgan fingerprint density at radius 1 is 0.719 bits per heavy atom. The normalized spacial score (nSPS) is 12.5. The van der Waals surface area contributed by atoms with Gasteiger partial charge in [-0.25, -0.2) is 0 Å². The highest BCUT2D eigenvalue weighted by molar-refractivity contribution is 5.69. The number of allylic oxidation sites excluding steroid dienone is 2. The van der Waals surface area contributed by atoms with Crippen LogP contribution in [-0.2, 0) is 14.3 Å². The number of hydrogen-bond acceptors (Lipinski definition) is 4. The summed E-state index contributed by atoms with van der Waals surface area (Å²) < 4.78 is 10.7. The lowest BCUT2D eigenvalue weighted by atomic mass is 10.1. The summed E-state index contributed by atoms with van der Waals surface area (Å²) in [7, 11) is 0. The van der Waals surface area contributed by atoms with Crippen LogP contribution in [0.25, 0.3) is 0 Å². The molecular weight excluding hydrogens is 400 g/mol. The Balaban J connectivity index is 3.27. The van der Waals surface area contributed by atoms with Crippen LogP contribution in [0, 0.1) is 0 Å². The summed E-state index contributed by atoms with van der Waals surface area (Å²) in [6, 6.07) is 0. The third-order valence-corrected chi connectivity index (χ3v) is 5.81. The number of aliphatic hydroxyl groups is 1. The van der Waals surface area contributed by atoms with E-state index in [9.17, 15) is 9.90 Å². The minimum atomic E-state index is -0.524. The fraction of sp³-hybridized carbons (Fsp3) is 0.893. The minimum Gasteiger partial charge on any atom is -0.457 e. The van der Waals surface area contributed by atoms with E-state index in [1.165, 1.54) is 103 Å². The van der Waals surface area contributed by atoms with Gasteiger partial charge >= 0.3 is 5.97 Å². The molecule has 1 N–H and O–H groups in total. The zero-order chi connectivity index (χ0) is 23.5. The summed E-state index contributed by atoms with van der Waals surface area (Å²) in [6.07, 6.45) is 27.9. The van der Waals surface area contributed by atoms with Crippen LogP contribution in [0.4, 0.5) is 0 Å². The number of hydrogen-bond donors (Lipinski definition) is 1. The van der Waals surface area contributed by atoms with Crippen LogP contribution < -0.4 is 0 Å². The van der Waals surface area contributed by atoms with Crippen LogP contribution in [0.1, 0.15) is 136 Å². The summed E-state index contributed by atoms with van der Waals surface area (Å²) in [4.78, 5) is 11.4. The largest absolute Gasteiger partial charge is 0.457 e. The zero-order valence-corrected chi connectivity index (χ0v) is 21.5. The van der Waals surface area contributed by atoms with E-state index in [0.29, 0.717) is 19.6 Å². The van der Waals surface area contributed by atoms with Gasteiger partial charge in [0.05, 0.1) is 13.2 Å². The summed E-state index contributed by atoms with van der Waals surface area (Å²) in [5.74, 6) is -0.255. The first kappa shape index (κ1) is 31.1. The van der Waals surface area contributed by atoms with Gasteiger partial charge in [0.2, 0.25) is 0 Å². The number of unbranched alkanes of at least 4 members (excludes halogenated alkanes) is 15. The standard InChI is InChI=1S/C28H54O4/c1-3-5-6-7-8-9-10-11-12-13-14-15-16-17-18-19-20-21-22-24-31-26-27(25-29)32-28(30)23-4-2/h12-13,27,29H,3-11,14-26H2,1-2H3/b13-12-. The van der Waals surface area contributed by atoms with Gasteiger partial charge in [0.15, 0.2) is 0 Å². The fourth-order valence-electron chi connectivity index (χ4n) is 3.77. The van der Waals surface area contributed by atoms with E-state index in [4.69, 9.17) is 9.47 Å². The van der Waals surface area contributed by atoms with E-state index in [2.05, 4.69) is 19.1 Å². The van der Waals surface area contributed by atoms with E-state index in [1.54, 1.807) is 0 Å². The molecule has 4 nitrogen and oxygen atoms in total. The molecule has 0 saturated heterocycles. The lowest BCUT2D eigenvalue weighted by Gasteiger charge is -2.15. The number of rotatable bonds is 25. The maximum absolute atomic E-state index is 11.4. The van der Waals surface area contributed by atoms with Crippen molar-refractivity contribution in [2.45, 2.75) is 142 Å². The summed E-state index contributed by atoms with van der Waals surface area (Å²) >= 11 is 0. The van der Waals surface area contributed by atoms with Gasteiger partial charge in [0, 0.05) is 13.0 Å². The van der Waals surface area contributed by atoms with Crippen molar-refractivity contribution in [3.05, 3.63) is 12.2 Å². The molecular formula is C28H54O4. The first-order chi connectivity index (χ1) is 15.7. The smallest absolute Gasteiger partial charge is 0.306 e. The average molecular weight is 455 g/mol. The van der Waals surface area contributed by atoms with Crippen LogP contribution in [0.15, 0.2) is 12.2 Å². The van der Waals surface area contributed by atoms with Gasteiger partial charge in [-0.05, 0) is 38.5 Å². The third-order valence-electron chi connectivity index (χ3n) is 5.81. The molecule has 0 aromatic rings. The van der Waals surface area contributed by atoms with Crippen LogP contribution in [-0.4, -0.2) is 37.0 Å². The molecule has 0 saturated carbocycles. The van der Waals surface area contributed by atoms with Gasteiger partial charge in [0.1, 0.15) is 6.10 Å². The Hall–Kier alpha value is -0.870. The first-order valence-electron chi connectivity index (χ1n) is 13.8. The van der Waals surface area contributed by atoms with Crippen molar-refractivity contribution in [2.24, 2.45) is 0 Å². The van der Waals surface area contributed by atoms with Crippen molar-refractivity contribution in [3.63, 3.8) is 0 Å². The molecule has 0 rings (SSSR count). The molecule has 0 heterocycles. The third kappa shape index (κ3) is 23.8. The average Bonchev–Trinajstić information content (AvgIpc) is 2.79. The molecule has 0 bridgehead atoms. The van der Waals surface area contributed by atoms with Crippen LogP contribution in [0.3, 0.4) is 0 Å². The Kier molecular flexibility index (Phi) is 25.7. The number of aliphatic hydroxyl groups excluding tert-OH is 1. The van der Waals surface area contributed by atoms with Gasteiger partial charge in [-0.1, -0.05) is 103 Å². The number of esters is 1. The van der Waals surface area contributed by atoms with Gasteiger partial charge in [-0.15, -0.1) is 0 Å². The van der Waals surface area contributed by atoms with Gasteiger partial charge in [-0.3, -0.25) is 4.79 Å². The number of carbonyl (C=O) groups is 1. The highest BCUT2D eigenvalue weighted by atomic mass is 16.6. The highest BCUT2D eigenvalue weighted by Crippen LogP contribution is 2.11. The predicted molar refractivity (Wildman–Crippen MR) is 136 cm³/mol. The second kappa shape index (κ2) is 26.4. The van der Waals surface area contributed by atoms with E-state index < -0.39 is 6.10 Å². The molecule has 0 amide bonds. The van der Waals surface area contributed by atoms with Gasteiger partial charge in [0.25, 0.3) is 0 Å². The topological polar surface area (TPSA) is 55.8 Å². The van der Waals surface area contributed by atoms with Crippen LogP contribution >= 0.6 is 0 Å². The maximum atomic E-state index is 11.4. The summed E-state index contributed by atoms with van der Waals surface area (Å²) in [5.41, 5.74) is 0. The number of ether oxygens (including phenoxy) is 2. The second-order valence-electron chi connectivity index (χ2n) is 9.12. The van der Waals surface area contributed by atoms with Crippen molar-refractivity contribution >= 4 is 5.97 Å². The van der Waals surface area contributed by atoms with Crippen molar-refractivity contribution in [2.75, 3.05) is 19.8 Å². The molecule has 0 aliphatic heterocycles. The summed E-state index contributed by atoms with van der Waals surface area (Å²) in [6.45, 7) is 5.00. The van der Waals surface area contributed by atoms with Gasteiger partial charge in [-0.2, -0.15) is 0 Å².